The Morgan fingerprint density at radius 3 is 2.62 bits per heavy atom. The Morgan fingerprint density at radius 1 is 1.24 bits per heavy atom. The van der Waals surface area contributed by atoms with Crippen LogP contribution < -0.4 is 5.73 Å². The fourth-order valence-electron chi connectivity index (χ4n) is 5.57. The number of amides is 1. The van der Waals surface area contributed by atoms with E-state index in [0.29, 0.717) is 58.8 Å². The van der Waals surface area contributed by atoms with Crippen LogP contribution in [-0.2, 0) is 17.0 Å². The summed E-state index contributed by atoms with van der Waals surface area (Å²) in [7, 11) is 0. The summed E-state index contributed by atoms with van der Waals surface area (Å²) in [5.41, 5.74) is 5.22. The predicted octanol–water partition coefficient (Wildman–Crippen LogP) is 5.69. The number of rotatable bonds is 6. The Labute approximate surface area is 218 Å². The van der Waals surface area contributed by atoms with Gasteiger partial charge in [0.05, 0.1) is 5.02 Å². The minimum absolute atomic E-state index is 0.191. The van der Waals surface area contributed by atoms with Crippen LogP contribution >= 0.6 is 11.6 Å². The number of nitrogens with two attached hydrogens (primary N) is 1. The van der Waals surface area contributed by atoms with E-state index in [0.717, 1.165) is 38.5 Å². The summed E-state index contributed by atoms with van der Waals surface area (Å²) in [5.74, 6) is 0.353. The van der Waals surface area contributed by atoms with E-state index in [1.807, 2.05) is 10.6 Å². The molecule has 0 atom stereocenters. The molecule has 2 fully saturated rings. The average molecular weight is 526 g/mol. The number of aromatic nitrogens is 5. The van der Waals surface area contributed by atoms with Crippen molar-refractivity contribution in [1.82, 2.24) is 24.5 Å². The lowest BCUT2D eigenvalue weighted by atomic mass is 9.82. The molecule has 1 amide bonds. The van der Waals surface area contributed by atoms with Gasteiger partial charge < -0.3 is 15.0 Å². The molecule has 3 aromatic heterocycles. The third-order valence-corrected chi connectivity index (χ3v) is 7.66. The van der Waals surface area contributed by atoms with Crippen molar-refractivity contribution in [2.75, 3.05) is 0 Å². The lowest BCUT2D eigenvalue weighted by Crippen LogP contribution is -2.25. The third kappa shape index (κ3) is 5.07. The smallest absolute Gasteiger partial charge is 0.388 e. The number of allylic oxidation sites excluding steroid dienone is 1. The molecule has 0 unspecified atom stereocenters. The molecule has 3 aromatic rings. The molecule has 11 heteroatoms. The Hall–Kier alpha value is -3.40. The van der Waals surface area contributed by atoms with Crippen molar-refractivity contribution in [3.63, 3.8) is 0 Å². The van der Waals surface area contributed by atoms with Crippen molar-refractivity contribution in [2.45, 2.75) is 63.6 Å². The Kier molecular flexibility index (Phi) is 6.94. The van der Waals surface area contributed by atoms with Gasteiger partial charge in [-0.15, -0.1) is 6.58 Å². The molecular weight excluding hydrogens is 497 g/mol. The van der Waals surface area contributed by atoms with Gasteiger partial charge in [0.25, 0.3) is 5.90 Å². The van der Waals surface area contributed by atoms with Crippen LogP contribution in [0.5, 0.6) is 0 Å². The van der Waals surface area contributed by atoms with Gasteiger partial charge in [-0.3, -0.25) is 10.4 Å². The highest BCUT2D eigenvalue weighted by Crippen LogP contribution is 2.44. The Balaban J connectivity index is 1.70. The number of carbonyl (C=O) groups is 1. The number of pyridine rings is 1. The SMILES string of the molecule is C=CC1CCC(Cn2c(C3(F)CCCC3)nc3nc(C(=N)OC(N)=O)nc(-c4cncc(Cl)c4)c32)CC1. The highest BCUT2D eigenvalue weighted by atomic mass is 35.5. The average Bonchev–Trinajstić information content (AvgIpc) is 3.48. The number of fused-ring (bicyclic) bond motifs is 1. The molecule has 194 valence electrons. The van der Waals surface area contributed by atoms with E-state index in [-0.39, 0.29) is 11.5 Å². The molecule has 2 aliphatic rings. The molecule has 0 aromatic carbocycles. The second-order valence-electron chi connectivity index (χ2n) is 9.95. The van der Waals surface area contributed by atoms with Crippen molar-refractivity contribution in [3.8, 4) is 11.3 Å². The minimum Gasteiger partial charge on any atom is -0.388 e. The molecular formula is C26H29ClFN7O2. The van der Waals surface area contributed by atoms with E-state index in [4.69, 9.17) is 32.5 Å². The van der Waals surface area contributed by atoms with Crippen molar-refractivity contribution >= 4 is 34.8 Å². The van der Waals surface area contributed by atoms with Gasteiger partial charge in [-0.1, -0.05) is 17.7 Å². The van der Waals surface area contributed by atoms with E-state index in [2.05, 4.69) is 21.5 Å². The maximum atomic E-state index is 16.3. The molecule has 37 heavy (non-hydrogen) atoms. The first-order valence-corrected chi connectivity index (χ1v) is 12.9. The van der Waals surface area contributed by atoms with Gasteiger partial charge in [-0.05, 0) is 69.3 Å². The van der Waals surface area contributed by atoms with Gasteiger partial charge in [0.15, 0.2) is 11.3 Å². The van der Waals surface area contributed by atoms with Crippen LogP contribution in [0.15, 0.2) is 31.1 Å². The van der Waals surface area contributed by atoms with Crippen LogP contribution in [-0.4, -0.2) is 36.5 Å². The highest BCUT2D eigenvalue weighted by Gasteiger charge is 2.41. The molecule has 2 aliphatic carbocycles. The van der Waals surface area contributed by atoms with E-state index < -0.39 is 17.7 Å². The molecule has 0 radical (unpaired) electrons. The lowest BCUT2D eigenvalue weighted by Gasteiger charge is -2.29. The number of hydrogen-bond donors (Lipinski definition) is 2. The maximum Gasteiger partial charge on any atom is 0.411 e. The number of primary amides is 1. The number of imidazole rings is 1. The van der Waals surface area contributed by atoms with Crippen molar-refractivity contribution in [1.29, 1.82) is 5.41 Å². The third-order valence-electron chi connectivity index (χ3n) is 7.45. The number of nitrogens with one attached hydrogen (secondary N) is 1. The van der Waals surface area contributed by atoms with Crippen LogP contribution in [0.3, 0.4) is 0 Å². The summed E-state index contributed by atoms with van der Waals surface area (Å²) in [4.78, 5) is 29.1. The quantitative estimate of drug-likeness (QED) is 0.241. The Bertz CT molecular complexity index is 1360. The maximum absolute atomic E-state index is 16.3. The first-order valence-electron chi connectivity index (χ1n) is 12.5. The summed E-state index contributed by atoms with van der Waals surface area (Å²) in [6.45, 7) is 4.51. The fraction of sp³-hybridized carbons (Fsp3) is 0.462. The fourth-order valence-corrected chi connectivity index (χ4v) is 5.74. The molecule has 0 bridgehead atoms. The molecule has 5 rings (SSSR count). The number of halogens is 2. The van der Waals surface area contributed by atoms with Crippen molar-refractivity contribution in [3.05, 3.63) is 47.8 Å². The zero-order chi connectivity index (χ0) is 26.2. The number of alkyl halides is 1. The predicted molar refractivity (Wildman–Crippen MR) is 138 cm³/mol. The molecule has 9 nitrogen and oxygen atoms in total. The highest BCUT2D eigenvalue weighted by molar-refractivity contribution is 6.30. The van der Waals surface area contributed by atoms with Crippen LogP contribution in [0.1, 0.15) is 63.0 Å². The first-order chi connectivity index (χ1) is 17.8. The van der Waals surface area contributed by atoms with Gasteiger partial charge >= 0.3 is 6.09 Å². The van der Waals surface area contributed by atoms with E-state index in [1.165, 1.54) is 6.20 Å². The minimum atomic E-state index is -1.58. The summed E-state index contributed by atoms with van der Waals surface area (Å²) in [5, 5.41) is 8.53. The van der Waals surface area contributed by atoms with Crippen molar-refractivity contribution in [2.24, 2.45) is 17.6 Å². The first kappa shape index (κ1) is 25.3. The van der Waals surface area contributed by atoms with Crippen LogP contribution in [0.2, 0.25) is 5.02 Å². The lowest BCUT2D eigenvalue weighted by molar-refractivity contribution is 0.151. The summed E-state index contributed by atoms with van der Waals surface area (Å²) >= 11 is 6.25. The number of hydrogen-bond acceptors (Lipinski definition) is 7. The largest absolute Gasteiger partial charge is 0.411 e. The van der Waals surface area contributed by atoms with Gasteiger partial charge in [-0.2, -0.15) is 0 Å². The summed E-state index contributed by atoms with van der Waals surface area (Å²) in [6.07, 6.45) is 10.4. The second kappa shape index (κ2) is 10.2. The molecule has 0 saturated heterocycles. The molecule has 3 N–H and O–H groups in total. The molecule has 0 aliphatic heterocycles. The molecule has 0 spiro atoms. The topological polar surface area (TPSA) is 133 Å². The number of ether oxygens (including phenoxy) is 1. The van der Waals surface area contributed by atoms with Gasteiger partial charge in [0.1, 0.15) is 17.0 Å². The monoisotopic (exact) mass is 525 g/mol. The van der Waals surface area contributed by atoms with Crippen LogP contribution in [0.4, 0.5) is 9.18 Å². The van der Waals surface area contributed by atoms with Gasteiger partial charge in [0, 0.05) is 24.5 Å². The summed E-state index contributed by atoms with van der Waals surface area (Å²) < 4.78 is 23.0. The second-order valence-corrected chi connectivity index (χ2v) is 10.4. The normalized spacial score (nSPS) is 21.1. The van der Waals surface area contributed by atoms with Crippen molar-refractivity contribution < 1.29 is 13.9 Å². The zero-order valence-electron chi connectivity index (χ0n) is 20.4. The standard InChI is InChI=1S/C26H29ClFN7O2/c1-2-15-5-7-16(8-6-15)14-35-20-19(17-11-18(27)13-31-12-17)32-23(21(29)37-25(30)36)33-22(20)34-24(35)26(28)9-3-4-10-26/h2,11-13,15-16,29H,1,3-10,14H2,(H2,30,36). The number of nitrogens with zero attached hydrogens (tertiary/aromatic N) is 5. The Morgan fingerprint density at radius 2 is 1.97 bits per heavy atom. The van der Waals surface area contributed by atoms with Gasteiger partial charge in [0.2, 0.25) is 5.82 Å². The molecule has 2 saturated carbocycles. The molecule has 3 heterocycles. The number of carbonyl (C=O) groups excluding carboxylic acids is 1. The van der Waals surface area contributed by atoms with E-state index >= 15 is 4.39 Å². The van der Waals surface area contributed by atoms with Gasteiger partial charge in [-0.25, -0.2) is 24.1 Å². The van der Waals surface area contributed by atoms with Crippen LogP contribution in [0, 0.1) is 17.2 Å². The summed E-state index contributed by atoms with van der Waals surface area (Å²) in [6, 6.07) is 1.69. The van der Waals surface area contributed by atoms with E-state index in [1.54, 1.807) is 12.3 Å². The van der Waals surface area contributed by atoms with Crippen LogP contribution in [0.25, 0.3) is 22.4 Å². The van der Waals surface area contributed by atoms with E-state index in [9.17, 15) is 4.79 Å². The zero-order valence-corrected chi connectivity index (χ0v) is 21.2.